The first kappa shape index (κ1) is 21.9. The number of ether oxygens (including phenoxy) is 1. The lowest BCUT2D eigenvalue weighted by atomic mass is 10.1. The molecule has 3 rings (SSSR count). The van der Waals surface area contributed by atoms with Gasteiger partial charge >= 0.3 is 0 Å². The Morgan fingerprint density at radius 3 is 2.80 bits per heavy atom. The number of nitrogens with one attached hydrogen (secondary N) is 1. The number of carbonyl (C=O) groups is 1. The molecule has 0 saturated heterocycles. The van der Waals surface area contributed by atoms with Crippen LogP contribution < -0.4 is 5.32 Å². The lowest BCUT2D eigenvalue weighted by Gasteiger charge is -2.13. The van der Waals surface area contributed by atoms with Gasteiger partial charge in [0.05, 0.1) is 21.9 Å². The molecule has 0 fully saturated rings. The maximum Gasteiger partial charge on any atom is 0.235 e. The first-order valence-corrected chi connectivity index (χ1v) is 10.8. The Labute approximate surface area is 181 Å². The topological polar surface area (TPSA) is 79.9 Å². The maximum absolute atomic E-state index is 12.7. The lowest BCUT2D eigenvalue weighted by Crippen LogP contribution is -2.18. The molecule has 0 bridgehead atoms. The fourth-order valence-electron chi connectivity index (χ4n) is 3.48. The third-order valence-corrected chi connectivity index (χ3v) is 6.09. The number of amides is 1. The number of thioether (sulfide) groups is 1. The average Bonchev–Trinajstić information content (AvgIpc) is 2.96. The molecule has 1 amide bonds. The van der Waals surface area contributed by atoms with Crippen molar-refractivity contribution < 1.29 is 9.53 Å². The average molecular weight is 423 g/mol. The molecule has 0 aliphatic heterocycles. The van der Waals surface area contributed by atoms with Crippen LogP contribution in [0.1, 0.15) is 28.8 Å². The number of hydrogen-bond acceptors (Lipinski definition) is 5. The number of benzene rings is 1. The molecule has 1 aromatic carbocycles. The standard InChI is InChI=1S/C23H26N4O2S/c1-15-12-22(25-20-9-6-5-8-18(15)20)30-14-21(28)26-23-19(13-24)16(2)17(3)27(23)10-7-11-29-4/h5-6,8-9,12H,7,10-11,14H2,1-4H3,(H,26,28). The van der Waals surface area contributed by atoms with Crippen molar-refractivity contribution in [2.45, 2.75) is 38.8 Å². The van der Waals surface area contributed by atoms with Crippen molar-refractivity contribution in [3.05, 3.63) is 52.7 Å². The van der Waals surface area contributed by atoms with Crippen molar-refractivity contribution in [3.8, 4) is 6.07 Å². The zero-order valence-corrected chi connectivity index (χ0v) is 18.6. The van der Waals surface area contributed by atoms with Crippen LogP contribution in [0.4, 0.5) is 5.82 Å². The van der Waals surface area contributed by atoms with E-state index in [-0.39, 0.29) is 11.7 Å². The van der Waals surface area contributed by atoms with Gasteiger partial charge in [0.1, 0.15) is 11.9 Å². The van der Waals surface area contributed by atoms with E-state index in [1.165, 1.54) is 11.8 Å². The maximum atomic E-state index is 12.7. The second kappa shape index (κ2) is 9.79. The summed E-state index contributed by atoms with van der Waals surface area (Å²) in [6.07, 6.45) is 0.800. The van der Waals surface area contributed by atoms with Gasteiger partial charge in [-0.2, -0.15) is 5.26 Å². The molecular formula is C23H26N4O2S. The van der Waals surface area contributed by atoms with Crippen molar-refractivity contribution in [1.29, 1.82) is 5.26 Å². The number of methoxy groups -OCH3 is 1. The quantitative estimate of drug-likeness (QED) is 0.424. The van der Waals surface area contributed by atoms with Gasteiger partial charge in [-0.1, -0.05) is 30.0 Å². The monoisotopic (exact) mass is 422 g/mol. The van der Waals surface area contributed by atoms with Crippen LogP contribution in [-0.4, -0.2) is 34.9 Å². The number of fused-ring (bicyclic) bond motifs is 1. The zero-order chi connectivity index (χ0) is 21.7. The Morgan fingerprint density at radius 1 is 1.30 bits per heavy atom. The second-order valence-electron chi connectivity index (χ2n) is 7.18. The van der Waals surface area contributed by atoms with Gasteiger partial charge in [-0.05, 0) is 50.5 Å². The molecule has 2 aromatic heterocycles. The Morgan fingerprint density at radius 2 is 2.07 bits per heavy atom. The molecule has 0 saturated carbocycles. The fourth-order valence-corrected chi connectivity index (χ4v) is 4.25. The SMILES string of the molecule is COCCCn1c(C)c(C)c(C#N)c1NC(=O)CSc1cc(C)c2ccccc2n1. The zero-order valence-electron chi connectivity index (χ0n) is 17.8. The third-order valence-electron chi connectivity index (χ3n) is 5.18. The van der Waals surface area contributed by atoms with E-state index >= 15 is 0 Å². The third kappa shape index (κ3) is 4.66. The smallest absolute Gasteiger partial charge is 0.235 e. The van der Waals surface area contributed by atoms with Gasteiger partial charge < -0.3 is 14.6 Å². The van der Waals surface area contributed by atoms with Gasteiger partial charge in [0, 0.05) is 31.3 Å². The van der Waals surface area contributed by atoms with Gasteiger partial charge in [0.25, 0.3) is 0 Å². The molecule has 1 N–H and O–H groups in total. The highest BCUT2D eigenvalue weighted by atomic mass is 32.2. The Kier molecular flexibility index (Phi) is 7.14. The minimum atomic E-state index is -0.158. The number of anilines is 1. The molecule has 156 valence electrons. The summed E-state index contributed by atoms with van der Waals surface area (Å²) in [6.45, 7) is 7.22. The highest BCUT2D eigenvalue weighted by molar-refractivity contribution is 7.99. The van der Waals surface area contributed by atoms with E-state index in [0.717, 1.165) is 39.2 Å². The minimum Gasteiger partial charge on any atom is -0.385 e. The predicted octanol–water partition coefficient (Wildman–Crippen LogP) is 4.60. The number of rotatable bonds is 8. The number of nitriles is 1. The first-order valence-electron chi connectivity index (χ1n) is 9.84. The minimum absolute atomic E-state index is 0.158. The predicted molar refractivity (Wildman–Crippen MR) is 121 cm³/mol. The van der Waals surface area contributed by atoms with Gasteiger partial charge in [-0.3, -0.25) is 4.79 Å². The molecule has 30 heavy (non-hydrogen) atoms. The van der Waals surface area contributed by atoms with E-state index in [0.29, 0.717) is 24.5 Å². The first-order chi connectivity index (χ1) is 14.5. The van der Waals surface area contributed by atoms with E-state index < -0.39 is 0 Å². The van der Waals surface area contributed by atoms with Crippen molar-refractivity contribution >= 4 is 34.4 Å². The van der Waals surface area contributed by atoms with Crippen LogP contribution in [0.2, 0.25) is 0 Å². The summed E-state index contributed by atoms with van der Waals surface area (Å²) in [4.78, 5) is 17.3. The Balaban J connectivity index is 1.75. The van der Waals surface area contributed by atoms with E-state index in [1.807, 2.05) is 55.7 Å². The summed E-state index contributed by atoms with van der Waals surface area (Å²) in [6, 6.07) is 12.2. The van der Waals surface area contributed by atoms with Crippen LogP contribution >= 0.6 is 11.8 Å². The number of nitrogens with zero attached hydrogens (tertiary/aromatic N) is 3. The van der Waals surface area contributed by atoms with Crippen molar-refractivity contribution in [2.24, 2.45) is 0 Å². The molecular weight excluding hydrogens is 396 g/mol. The van der Waals surface area contributed by atoms with Crippen LogP contribution in [0, 0.1) is 32.1 Å². The van der Waals surface area contributed by atoms with Gasteiger partial charge in [0.2, 0.25) is 5.91 Å². The number of para-hydroxylation sites is 1. The summed E-state index contributed by atoms with van der Waals surface area (Å²) >= 11 is 1.39. The number of pyridine rings is 1. The Hall–Kier alpha value is -2.82. The highest BCUT2D eigenvalue weighted by Gasteiger charge is 2.19. The summed E-state index contributed by atoms with van der Waals surface area (Å²) < 4.78 is 7.13. The number of carbonyl (C=O) groups excluding carboxylic acids is 1. The van der Waals surface area contributed by atoms with E-state index in [1.54, 1.807) is 7.11 Å². The summed E-state index contributed by atoms with van der Waals surface area (Å²) in [5, 5.41) is 14.5. The molecule has 6 nitrogen and oxygen atoms in total. The molecule has 0 atom stereocenters. The van der Waals surface area contributed by atoms with Gasteiger partial charge in [0.15, 0.2) is 0 Å². The van der Waals surface area contributed by atoms with Crippen molar-refractivity contribution in [2.75, 3.05) is 24.8 Å². The van der Waals surface area contributed by atoms with Crippen LogP contribution in [0.25, 0.3) is 10.9 Å². The fraction of sp³-hybridized carbons (Fsp3) is 0.348. The molecule has 0 spiro atoms. The number of hydrogen-bond donors (Lipinski definition) is 1. The summed E-state index contributed by atoms with van der Waals surface area (Å²) in [5.74, 6) is 0.628. The number of aryl methyl sites for hydroxylation is 1. The van der Waals surface area contributed by atoms with Crippen molar-refractivity contribution in [3.63, 3.8) is 0 Å². The van der Waals surface area contributed by atoms with Crippen molar-refractivity contribution in [1.82, 2.24) is 9.55 Å². The Bertz CT molecular complexity index is 1110. The molecule has 0 unspecified atom stereocenters. The van der Waals surface area contributed by atoms with Crippen LogP contribution in [0.15, 0.2) is 35.4 Å². The highest BCUT2D eigenvalue weighted by Crippen LogP contribution is 2.28. The van der Waals surface area contributed by atoms with Crippen LogP contribution in [0.3, 0.4) is 0 Å². The summed E-state index contributed by atoms with van der Waals surface area (Å²) in [5.41, 5.74) is 4.45. The molecule has 0 aliphatic carbocycles. The van der Waals surface area contributed by atoms with E-state index in [4.69, 9.17) is 4.74 Å². The second-order valence-corrected chi connectivity index (χ2v) is 8.17. The van der Waals surface area contributed by atoms with Gasteiger partial charge in [-0.25, -0.2) is 4.98 Å². The van der Waals surface area contributed by atoms with Crippen LogP contribution in [-0.2, 0) is 16.1 Å². The summed E-state index contributed by atoms with van der Waals surface area (Å²) in [7, 11) is 1.66. The molecule has 3 aromatic rings. The van der Waals surface area contributed by atoms with Crippen LogP contribution in [0.5, 0.6) is 0 Å². The molecule has 7 heteroatoms. The molecule has 2 heterocycles. The lowest BCUT2D eigenvalue weighted by molar-refractivity contribution is -0.113. The van der Waals surface area contributed by atoms with E-state index in [9.17, 15) is 10.1 Å². The van der Waals surface area contributed by atoms with Gasteiger partial charge in [-0.15, -0.1) is 0 Å². The molecule has 0 aliphatic rings. The normalized spacial score (nSPS) is 10.9. The molecule has 0 radical (unpaired) electrons. The largest absolute Gasteiger partial charge is 0.385 e. The van der Waals surface area contributed by atoms with E-state index in [2.05, 4.69) is 16.4 Å². The number of aromatic nitrogens is 2.